The Hall–Kier alpha value is -1.61. The van der Waals surface area contributed by atoms with Gasteiger partial charge in [-0.25, -0.2) is 0 Å². The molecule has 2 bridgehead atoms. The van der Waals surface area contributed by atoms with Crippen LogP contribution in [0.5, 0.6) is 0 Å². The lowest BCUT2D eigenvalue weighted by Crippen LogP contribution is -2.46. The Morgan fingerprint density at radius 2 is 2.10 bits per heavy atom. The molecule has 3 unspecified atom stereocenters. The first-order valence-corrected chi connectivity index (χ1v) is 7.39. The van der Waals surface area contributed by atoms with Gasteiger partial charge in [0.25, 0.3) is 0 Å². The lowest BCUT2D eigenvalue weighted by atomic mass is 9.99. The van der Waals surface area contributed by atoms with E-state index in [1.165, 1.54) is 5.56 Å². The normalized spacial score (nSPS) is 29.6. The van der Waals surface area contributed by atoms with Crippen molar-refractivity contribution in [3.8, 4) is 0 Å². The smallest absolute Gasteiger partial charge is 0.323 e. The molecular formula is C17H21NO2. The van der Waals surface area contributed by atoms with Gasteiger partial charge in [0.2, 0.25) is 0 Å². The highest BCUT2D eigenvalue weighted by atomic mass is 16.5. The van der Waals surface area contributed by atoms with Gasteiger partial charge in [-0.2, -0.15) is 0 Å². The molecule has 4 atom stereocenters. The van der Waals surface area contributed by atoms with Gasteiger partial charge in [0, 0.05) is 18.0 Å². The van der Waals surface area contributed by atoms with Gasteiger partial charge in [0.15, 0.2) is 0 Å². The van der Waals surface area contributed by atoms with Gasteiger partial charge in [-0.05, 0) is 25.8 Å². The maximum atomic E-state index is 12.3. The summed E-state index contributed by atoms with van der Waals surface area (Å²) in [6, 6.07) is 10.8. The van der Waals surface area contributed by atoms with E-state index >= 15 is 0 Å². The van der Waals surface area contributed by atoms with Crippen LogP contribution in [0.2, 0.25) is 0 Å². The molecule has 106 valence electrons. The summed E-state index contributed by atoms with van der Waals surface area (Å²) in [5, 5.41) is 0. The molecule has 1 saturated heterocycles. The van der Waals surface area contributed by atoms with Crippen molar-refractivity contribution in [2.24, 2.45) is 5.92 Å². The van der Waals surface area contributed by atoms with Crippen LogP contribution in [0, 0.1) is 5.92 Å². The summed E-state index contributed by atoms with van der Waals surface area (Å²) in [5.74, 6) is 0.234. The first kappa shape index (κ1) is 13.4. The van der Waals surface area contributed by atoms with Gasteiger partial charge in [-0.1, -0.05) is 42.5 Å². The summed E-state index contributed by atoms with van der Waals surface area (Å²) in [4.78, 5) is 14.6. The molecule has 1 fully saturated rings. The molecule has 0 radical (unpaired) electrons. The molecule has 0 amide bonds. The van der Waals surface area contributed by atoms with E-state index in [4.69, 9.17) is 4.74 Å². The maximum Gasteiger partial charge on any atom is 0.323 e. The summed E-state index contributed by atoms with van der Waals surface area (Å²) < 4.78 is 5.28. The molecule has 2 aliphatic rings. The Morgan fingerprint density at radius 3 is 2.80 bits per heavy atom. The molecule has 0 aromatic heterocycles. The number of carbonyl (C=O) groups is 1. The highest BCUT2D eigenvalue weighted by Gasteiger charge is 2.49. The average molecular weight is 271 g/mol. The minimum Gasteiger partial charge on any atom is -0.465 e. The van der Waals surface area contributed by atoms with E-state index in [1.54, 1.807) is 0 Å². The van der Waals surface area contributed by atoms with Crippen molar-refractivity contribution >= 4 is 5.97 Å². The van der Waals surface area contributed by atoms with Gasteiger partial charge in [0.05, 0.1) is 6.61 Å². The number of esters is 1. The van der Waals surface area contributed by atoms with Gasteiger partial charge >= 0.3 is 5.97 Å². The SMILES string of the molecule is CCOC(=O)[C@@H]1C2C=CC(C2)N1C(C)c1ccccc1. The number of hydrogen-bond donors (Lipinski definition) is 0. The quantitative estimate of drug-likeness (QED) is 0.623. The molecule has 0 saturated carbocycles. The van der Waals surface area contributed by atoms with Gasteiger partial charge in [-0.3, -0.25) is 9.69 Å². The molecule has 20 heavy (non-hydrogen) atoms. The molecule has 1 aromatic carbocycles. The Bertz CT molecular complexity index is 511. The van der Waals surface area contributed by atoms with E-state index < -0.39 is 0 Å². The summed E-state index contributed by atoms with van der Waals surface area (Å²) in [7, 11) is 0. The summed E-state index contributed by atoms with van der Waals surface area (Å²) >= 11 is 0. The number of hydrogen-bond acceptors (Lipinski definition) is 3. The average Bonchev–Trinajstić information content (AvgIpc) is 3.08. The van der Waals surface area contributed by atoms with Gasteiger partial charge < -0.3 is 4.74 Å². The van der Waals surface area contributed by atoms with Crippen molar-refractivity contribution in [1.82, 2.24) is 4.90 Å². The molecule has 0 N–H and O–H groups in total. The van der Waals surface area contributed by atoms with Crippen molar-refractivity contribution in [3.63, 3.8) is 0 Å². The van der Waals surface area contributed by atoms with Crippen LogP contribution in [-0.4, -0.2) is 29.6 Å². The van der Waals surface area contributed by atoms with Crippen LogP contribution in [0.4, 0.5) is 0 Å². The number of carbonyl (C=O) groups excluding carboxylic acids is 1. The highest BCUT2D eigenvalue weighted by Crippen LogP contribution is 2.42. The Kier molecular flexibility index (Phi) is 3.62. The summed E-state index contributed by atoms with van der Waals surface area (Å²) in [6.45, 7) is 4.49. The number of nitrogens with zero attached hydrogens (tertiary/aromatic N) is 1. The monoisotopic (exact) mass is 271 g/mol. The van der Waals surface area contributed by atoms with Crippen LogP contribution in [0.1, 0.15) is 31.9 Å². The number of likely N-dealkylation sites (tertiary alicyclic amines) is 1. The van der Waals surface area contributed by atoms with E-state index in [0.29, 0.717) is 18.6 Å². The predicted octanol–water partition coefficient (Wildman–Crippen LogP) is 2.94. The molecular weight excluding hydrogens is 250 g/mol. The third-order valence-electron chi connectivity index (χ3n) is 4.46. The van der Waals surface area contributed by atoms with Crippen molar-refractivity contribution in [3.05, 3.63) is 48.0 Å². The standard InChI is InChI=1S/C17H21NO2/c1-3-20-17(19)16-14-9-10-15(11-14)18(16)12(2)13-7-5-4-6-8-13/h4-10,12,14-16H,3,11H2,1-2H3/t12?,14?,15?,16-/m0/s1. The van der Waals surface area contributed by atoms with Crippen molar-refractivity contribution < 1.29 is 9.53 Å². The largest absolute Gasteiger partial charge is 0.465 e. The van der Waals surface area contributed by atoms with E-state index in [2.05, 4.69) is 48.2 Å². The molecule has 1 aliphatic carbocycles. The van der Waals surface area contributed by atoms with Crippen LogP contribution in [-0.2, 0) is 9.53 Å². The number of benzene rings is 1. The number of ether oxygens (including phenoxy) is 1. The second-order valence-electron chi connectivity index (χ2n) is 5.58. The van der Waals surface area contributed by atoms with E-state index in [9.17, 15) is 4.79 Å². The zero-order chi connectivity index (χ0) is 14.1. The number of rotatable bonds is 4. The van der Waals surface area contributed by atoms with Gasteiger partial charge in [0.1, 0.15) is 6.04 Å². The molecule has 1 aliphatic heterocycles. The van der Waals surface area contributed by atoms with Crippen LogP contribution < -0.4 is 0 Å². The lowest BCUT2D eigenvalue weighted by Gasteiger charge is -2.36. The maximum absolute atomic E-state index is 12.3. The van der Waals surface area contributed by atoms with Crippen LogP contribution in [0.3, 0.4) is 0 Å². The molecule has 0 spiro atoms. The van der Waals surface area contributed by atoms with Gasteiger partial charge in [-0.15, -0.1) is 0 Å². The first-order chi connectivity index (χ1) is 9.72. The second kappa shape index (κ2) is 5.41. The number of fused-ring (bicyclic) bond motifs is 2. The Morgan fingerprint density at radius 1 is 1.35 bits per heavy atom. The highest BCUT2D eigenvalue weighted by molar-refractivity contribution is 5.77. The van der Waals surface area contributed by atoms with E-state index in [-0.39, 0.29) is 18.1 Å². The Labute approximate surface area is 120 Å². The molecule has 1 aromatic rings. The Balaban J connectivity index is 1.87. The minimum atomic E-state index is -0.125. The third-order valence-corrected chi connectivity index (χ3v) is 4.46. The van der Waals surface area contributed by atoms with Crippen LogP contribution in [0.25, 0.3) is 0 Å². The fraction of sp³-hybridized carbons (Fsp3) is 0.471. The first-order valence-electron chi connectivity index (χ1n) is 7.39. The molecule has 3 heteroatoms. The minimum absolute atomic E-state index is 0.0767. The fourth-order valence-electron chi connectivity index (χ4n) is 3.55. The van der Waals surface area contributed by atoms with Crippen molar-refractivity contribution in [1.29, 1.82) is 0 Å². The van der Waals surface area contributed by atoms with E-state index in [1.807, 2.05) is 13.0 Å². The second-order valence-corrected chi connectivity index (χ2v) is 5.58. The third kappa shape index (κ3) is 2.16. The van der Waals surface area contributed by atoms with Crippen LogP contribution in [0.15, 0.2) is 42.5 Å². The predicted molar refractivity (Wildman–Crippen MR) is 78.2 cm³/mol. The zero-order valence-corrected chi connectivity index (χ0v) is 12.0. The van der Waals surface area contributed by atoms with Crippen LogP contribution >= 0.6 is 0 Å². The van der Waals surface area contributed by atoms with Crippen molar-refractivity contribution in [2.45, 2.75) is 38.4 Å². The van der Waals surface area contributed by atoms with Crippen molar-refractivity contribution in [2.75, 3.05) is 6.61 Å². The zero-order valence-electron chi connectivity index (χ0n) is 12.0. The lowest BCUT2D eigenvalue weighted by molar-refractivity contribution is -0.150. The topological polar surface area (TPSA) is 29.5 Å². The van der Waals surface area contributed by atoms with E-state index in [0.717, 1.165) is 6.42 Å². The molecule has 1 heterocycles. The molecule has 3 nitrogen and oxygen atoms in total. The summed E-state index contributed by atoms with van der Waals surface area (Å²) in [5.41, 5.74) is 1.25. The summed E-state index contributed by atoms with van der Waals surface area (Å²) in [6.07, 6.45) is 5.46. The fourth-order valence-corrected chi connectivity index (χ4v) is 3.55. The molecule has 3 rings (SSSR count).